The lowest BCUT2D eigenvalue weighted by atomic mass is 10.2. The first-order valence-corrected chi connectivity index (χ1v) is 10.0. The van der Waals surface area contributed by atoms with E-state index in [-0.39, 0.29) is 28.7 Å². The van der Waals surface area contributed by atoms with E-state index in [0.29, 0.717) is 11.4 Å². The second-order valence-electron chi connectivity index (χ2n) is 6.60. The van der Waals surface area contributed by atoms with Crippen LogP contribution in [0.25, 0.3) is 11.8 Å². The van der Waals surface area contributed by atoms with Crippen LogP contribution in [0.1, 0.15) is 22.0 Å². The summed E-state index contributed by atoms with van der Waals surface area (Å²) in [6.07, 6.45) is 3.32. The first-order valence-electron chi connectivity index (χ1n) is 9.22. The van der Waals surface area contributed by atoms with Gasteiger partial charge in [-0.25, -0.2) is 4.79 Å². The molecule has 1 aliphatic rings. The van der Waals surface area contributed by atoms with E-state index in [2.05, 4.69) is 4.74 Å². The molecule has 0 atom stereocenters. The van der Waals surface area contributed by atoms with Gasteiger partial charge in [0.15, 0.2) is 0 Å². The molecule has 0 bridgehead atoms. The normalized spacial score (nSPS) is 14.9. The van der Waals surface area contributed by atoms with E-state index >= 15 is 0 Å². The van der Waals surface area contributed by atoms with Crippen molar-refractivity contribution < 1.29 is 28.5 Å². The molecule has 10 nitrogen and oxygen atoms in total. The lowest BCUT2D eigenvalue weighted by molar-refractivity contribution is -0.384. The largest absolute Gasteiger partial charge is 0.463 e. The third-order valence-electron chi connectivity index (χ3n) is 4.63. The first-order chi connectivity index (χ1) is 15.4. The molecule has 0 aliphatic carbocycles. The van der Waals surface area contributed by atoms with Crippen LogP contribution in [0.5, 0.6) is 0 Å². The summed E-state index contributed by atoms with van der Waals surface area (Å²) < 4.78 is 11.7. The van der Waals surface area contributed by atoms with Crippen LogP contribution in [0.2, 0.25) is 0 Å². The lowest BCUT2D eigenvalue weighted by Crippen LogP contribution is -2.27. The molecule has 32 heavy (non-hydrogen) atoms. The number of furan rings is 1. The van der Waals surface area contributed by atoms with Crippen molar-refractivity contribution in [1.82, 2.24) is 9.47 Å². The average Bonchev–Trinajstić information content (AvgIpc) is 3.50. The minimum Gasteiger partial charge on any atom is -0.463 e. The quantitative estimate of drug-likeness (QED) is 0.237. The van der Waals surface area contributed by atoms with Crippen molar-refractivity contribution in [2.45, 2.75) is 6.54 Å². The summed E-state index contributed by atoms with van der Waals surface area (Å²) in [7, 11) is 1.22. The summed E-state index contributed by atoms with van der Waals surface area (Å²) in [4.78, 5) is 48.3. The molecule has 0 unspecified atom stereocenters. The highest BCUT2D eigenvalue weighted by Crippen LogP contribution is 2.34. The second kappa shape index (κ2) is 8.55. The Morgan fingerprint density at radius 1 is 1.19 bits per heavy atom. The summed E-state index contributed by atoms with van der Waals surface area (Å²) in [5.74, 6) is -0.904. The maximum Gasteiger partial charge on any atom is 0.373 e. The molecule has 0 radical (unpaired) electrons. The number of benzene rings is 1. The monoisotopic (exact) mass is 453 g/mol. The number of rotatable bonds is 6. The number of methoxy groups -OCH3 is 1. The van der Waals surface area contributed by atoms with Gasteiger partial charge in [-0.1, -0.05) is 0 Å². The maximum absolute atomic E-state index is 12.8. The summed E-state index contributed by atoms with van der Waals surface area (Å²) in [6, 6.07) is 12.4. The van der Waals surface area contributed by atoms with E-state index in [1.807, 2.05) is 0 Å². The Labute approximate surface area is 185 Å². The zero-order chi connectivity index (χ0) is 22.8. The predicted molar refractivity (Wildman–Crippen MR) is 114 cm³/mol. The highest BCUT2D eigenvalue weighted by Gasteiger charge is 2.36. The first kappa shape index (κ1) is 21.1. The number of thioether (sulfide) groups is 1. The van der Waals surface area contributed by atoms with Crippen molar-refractivity contribution >= 4 is 40.6 Å². The van der Waals surface area contributed by atoms with Crippen molar-refractivity contribution in [3.05, 3.63) is 87.0 Å². The molecule has 1 aliphatic heterocycles. The van der Waals surface area contributed by atoms with Gasteiger partial charge in [0, 0.05) is 29.7 Å². The molecule has 1 fully saturated rings. The Bertz CT molecular complexity index is 1260. The van der Waals surface area contributed by atoms with Gasteiger partial charge in [-0.15, -0.1) is 0 Å². The number of nitro benzene ring substituents is 1. The molecular formula is C21H15N3O7S. The molecule has 1 aromatic carbocycles. The molecule has 0 N–H and O–H groups in total. The molecule has 0 saturated carbocycles. The van der Waals surface area contributed by atoms with Crippen molar-refractivity contribution in [2.24, 2.45) is 0 Å². The molecule has 162 valence electrons. The Morgan fingerprint density at radius 3 is 2.62 bits per heavy atom. The van der Waals surface area contributed by atoms with Gasteiger partial charge in [-0.3, -0.25) is 24.6 Å². The van der Waals surface area contributed by atoms with Crippen LogP contribution in [-0.4, -0.2) is 38.6 Å². The number of aromatic nitrogens is 1. The highest BCUT2D eigenvalue weighted by atomic mass is 32.2. The van der Waals surface area contributed by atoms with Gasteiger partial charge in [0.25, 0.3) is 16.8 Å². The fourth-order valence-corrected chi connectivity index (χ4v) is 3.90. The van der Waals surface area contributed by atoms with E-state index in [4.69, 9.17) is 4.42 Å². The molecule has 11 heteroatoms. The number of nitrogens with zero attached hydrogens (tertiary/aromatic N) is 3. The van der Waals surface area contributed by atoms with Gasteiger partial charge < -0.3 is 13.7 Å². The number of nitro groups is 1. The van der Waals surface area contributed by atoms with E-state index in [1.165, 1.54) is 31.4 Å². The van der Waals surface area contributed by atoms with E-state index in [1.54, 1.807) is 41.1 Å². The van der Waals surface area contributed by atoms with Gasteiger partial charge in [0.2, 0.25) is 5.76 Å². The van der Waals surface area contributed by atoms with Crippen LogP contribution >= 0.6 is 11.8 Å². The number of hydrogen-bond acceptors (Lipinski definition) is 8. The Morgan fingerprint density at radius 2 is 1.94 bits per heavy atom. The molecule has 2 amide bonds. The predicted octanol–water partition coefficient (Wildman–Crippen LogP) is 4.00. The molecule has 1 saturated heterocycles. The SMILES string of the molecule is COC(=O)c1ccc(CN2C(=O)SC(=Cc3cccn3-c3ccc([N+](=O)[O-])cc3)C2=O)o1. The summed E-state index contributed by atoms with van der Waals surface area (Å²) in [5, 5.41) is 10.4. The highest BCUT2D eigenvalue weighted by molar-refractivity contribution is 8.18. The molecule has 4 rings (SSSR count). The van der Waals surface area contributed by atoms with Gasteiger partial charge in [-0.05, 0) is 54.2 Å². The number of carbonyl (C=O) groups excluding carboxylic acids is 3. The number of carbonyl (C=O) groups is 3. The number of ether oxygens (including phenoxy) is 1. The van der Waals surface area contributed by atoms with Crippen LogP contribution < -0.4 is 0 Å². The van der Waals surface area contributed by atoms with Crippen LogP contribution in [0, 0.1) is 10.1 Å². The van der Waals surface area contributed by atoms with Crippen molar-refractivity contribution in [3.8, 4) is 5.69 Å². The maximum atomic E-state index is 12.8. The third kappa shape index (κ3) is 4.05. The zero-order valence-electron chi connectivity index (χ0n) is 16.6. The molecular weight excluding hydrogens is 438 g/mol. The number of non-ortho nitro benzene ring substituents is 1. The summed E-state index contributed by atoms with van der Waals surface area (Å²) >= 11 is 0.790. The smallest absolute Gasteiger partial charge is 0.373 e. The summed E-state index contributed by atoms with van der Waals surface area (Å²) in [6.45, 7) is -0.123. The Kier molecular flexibility index (Phi) is 5.65. The van der Waals surface area contributed by atoms with Crippen LogP contribution in [-0.2, 0) is 16.1 Å². The topological polar surface area (TPSA) is 125 Å². The number of amides is 2. The number of imide groups is 1. The standard InChI is InChI=1S/C21H15N3O7S/c1-30-20(26)17-9-8-16(31-17)12-23-19(25)18(32-21(23)27)11-15-3-2-10-22(15)13-4-6-14(7-5-13)24(28)29/h2-11H,12H2,1H3. The van der Waals surface area contributed by atoms with Crippen LogP contribution in [0.4, 0.5) is 10.5 Å². The lowest BCUT2D eigenvalue weighted by Gasteiger charge is -2.10. The van der Waals surface area contributed by atoms with Crippen molar-refractivity contribution in [3.63, 3.8) is 0 Å². The van der Waals surface area contributed by atoms with Gasteiger partial charge in [0.05, 0.1) is 23.5 Å². The number of hydrogen-bond donors (Lipinski definition) is 0. The summed E-state index contributed by atoms with van der Waals surface area (Å²) in [5.41, 5.74) is 1.25. The second-order valence-corrected chi connectivity index (χ2v) is 7.60. The molecule has 0 spiro atoms. The van der Waals surface area contributed by atoms with Crippen molar-refractivity contribution in [1.29, 1.82) is 0 Å². The Balaban J connectivity index is 1.55. The average molecular weight is 453 g/mol. The number of esters is 1. The van der Waals surface area contributed by atoms with Crippen LogP contribution in [0.15, 0.2) is 64.1 Å². The van der Waals surface area contributed by atoms with Gasteiger partial charge >= 0.3 is 5.97 Å². The molecule has 2 aromatic heterocycles. The minimum absolute atomic E-state index is 0.0223. The van der Waals surface area contributed by atoms with Gasteiger partial charge in [0.1, 0.15) is 5.76 Å². The van der Waals surface area contributed by atoms with E-state index < -0.39 is 22.0 Å². The van der Waals surface area contributed by atoms with Gasteiger partial charge in [-0.2, -0.15) is 0 Å². The molecule has 3 aromatic rings. The van der Waals surface area contributed by atoms with E-state index in [0.717, 1.165) is 16.7 Å². The minimum atomic E-state index is -0.655. The fourth-order valence-electron chi connectivity index (χ4n) is 3.08. The van der Waals surface area contributed by atoms with E-state index in [9.17, 15) is 24.5 Å². The molecule has 3 heterocycles. The van der Waals surface area contributed by atoms with Crippen LogP contribution in [0.3, 0.4) is 0 Å². The zero-order valence-corrected chi connectivity index (χ0v) is 17.4. The Hall–Kier alpha value is -4.12. The fraction of sp³-hybridized carbons (Fsp3) is 0.0952. The van der Waals surface area contributed by atoms with Crippen molar-refractivity contribution in [2.75, 3.05) is 7.11 Å². The third-order valence-corrected chi connectivity index (χ3v) is 5.54.